The molecular weight excluding hydrogens is 264 g/mol. The highest BCUT2D eigenvalue weighted by Crippen LogP contribution is 2.15. The van der Waals surface area contributed by atoms with E-state index in [1.807, 2.05) is 0 Å². The molecule has 0 aliphatic heterocycles. The number of benzene rings is 1. The Morgan fingerprint density at radius 2 is 1.94 bits per heavy atom. The van der Waals surface area contributed by atoms with Gasteiger partial charge in [-0.3, -0.25) is 4.79 Å². The molecule has 0 bridgehead atoms. The molecule has 0 aliphatic rings. The highest BCUT2D eigenvalue weighted by Gasteiger charge is 2.14. The van der Waals surface area contributed by atoms with E-state index in [9.17, 15) is 17.1 Å². The maximum absolute atomic E-state index is 12.2. The van der Waals surface area contributed by atoms with Crippen LogP contribution in [0.15, 0.2) is 24.3 Å². The minimum absolute atomic E-state index is 0.159. The van der Waals surface area contributed by atoms with Gasteiger partial charge in [0.15, 0.2) is 0 Å². The van der Waals surface area contributed by atoms with Crippen LogP contribution in [-0.2, 0) is 26.5 Å². The summed E-state index contributed by atoms with van der Waals surface area (Å²) in [5.41, 5.74) is 6.20. The number of carbonyl (C=O) groups is 1. The summed E-state index contributed by atoms with van der Waals surface area (Å²) in [5, 5.41) is 0. The Labute approximate surface area is 104 Å². The molecule has 100 valence electrons. The molecule has 6 nitrogen and oxygen atoms in total. The minimum Gasteiger partial charge on any atom is -0.468 e. The van der Waals surface area contributed by atoms with Crippen molar-refractivity contribution in [3.8, 4) is 5.75 Å². The molecule has 0 saturated heterocycles. The fourth-order valence-electron chi connectivity index (χ4n) is 1.28. The fourth-order valence-corrected chi connectivity index (χ4v) is 1.63. The lowest BCUT2D eigenvalue weighted by molar-refractivity contribution is -0.142. The normalized spacial score (nSPS) is 12.8. The molecule has 0 unspecified atom stereocenters. The van der Waals surface area contributed by atoms with Gasteiger partial charge in [0.25, 0.3) is 0 Å². The summed E-state index contributed by atoms with van der Waals surface area (Å²) in [6, 6.07) is 4.66. The number of rotatable bonds is 5. The van der Waals surface area contributed by atoms with Crippen molar-refractivity contribution in [1.82, 2.24) is 0 Å². The number of hydrogen-bond acceptors (Lipinski definition) is 6. The van der Waals surface area contributed by atoms with Gasteiger partial charge in [0.05, 0.1) is 7.11 Å². The van der Waals surface area contributed by atoms with Crippen LogP contribution in [0.25, 0.3) is 0 Å². The van der Waals surface area contributed by atoms with Gasteiger partial charge in [-0.25, -0.2) is 0 Å². The molecule has 1 aromatic carbocycles. The average molecular weight is 276 g/mol. The van der Waals surface area contributed by atoms with Gasteiger partial charge in [0.2, 0.25) is 0 Å². The first-order valence-electron chi connectivity index (χ1n) is 4.88. The van der Waals surface area contributed by atoms with Crippen molar-refractivity contribution in [2.24, 2.45) is 5.73 Å². The van der Waals surface area contributed by atoms with E-state index < -0.39 is 22.5 Å². The van der Waals surface area contributed by atoms with E-state index in [2.05, 4.69) is 8.92 Å². The summed E-state index contributed by atoms with van der Waals surface area (Å²) < 4.78 is 41.1. The van der Waals surface area contributed by atoms with Crippen molar-refractivity contribution in [3.63, 3.8) is 0 Å². The second-order valence-electron chi connectivity index (χ2n) is 3.45. The predicted octanol–water partition coefficient (Wildman–Crippen LogP) is 0.322. The van der Waals surface area contributed by atoms with Gasteiger partial charge in [-0.2, -0.15) is 8.42 Å². The number of halogens is 1. The Kier molecular flexibility index (Phi) is 4.62. The Hall–Kier alpha value is -1.67. The van der Waals surface area contributed by atoms with Crippen LogP contribution in [-0.4, -0.2) is 27.5 Å². The van der Waals surface area contributed by atoms with Crippen molar-refractivity contribution in [2.75, 3.05) is 7.11 Å². The van der Waals surface area contributed by atoms with E-state index >= 15 is 0 Å². The van der Waals surface area contributed by atoms with Crippen LogP contribution in [0.1, 0.15) is 5.56 Å². The third kappa shape index (κ3) is 4.68. The molecule has 0 aromatic heterocycles. The molecule has 0 fully saturated rings. The molecule has 0 amide bonds. The third-order valence-corrected chi connectivity index (χ3v) is 2.47. The Bertz CT molecular complexity index is 514. The van der Waals surface area contributed by atoms with Crippen LogP contribution in [0.2, 0.25) is 0 Å². The van der Waals surface area contributed by atoms with Crippen LogP contribution in [0, 0.1) is 0 Å². The zero-order chi connectivity index (χ0) is 13.8. The van der Waals surface area contributed by atoms with Crippen LogP contribution < -0.4 is 9.92 Å². The number of hydrogen-bond donors (Lipinski definition) is 1. The molecule has 0 heterocycles. The van der Waals surface area contributed by atoms with Crippen LogP contribution in [0.3, 0.4) is 0 Å². The van der Waals surface area contributed by atoms with Crippen molar-refractivity contribution in [1.29, 1.82) is 0 Å². The van der Waals surface area contributed by atoms with Gasteiger partial charge in [-0.15, -0.1) is 0 Å². The zero-order valence-electron chi connectivity index (χ0n) is 9.50. The highest BCUT2D eigenvalue weighted by molar-refractivity contribution is 7.81. The van der Waals surface area contributed by atoms with Crippen molar-refractivity contribution in [3.05, 3.63) is 29.8 Å². The number of nitrogens with two attached hydrogens (primary N) is 1. The van der Waals surface area contributed by atoms with Gasteiger partial charge in [-0.05, 0) is 24.1 Å². The predicted molar refractivity (Wildman–Crippen MR) is 60.8 cm³/mol. The number of carbonyl (C=O) groups excluding carboxylic acids is 1. The van der Waals surface area contributed by atoms with E-state index in [0.717, 1.165) is 0 Å². The van der Waals surface area contributed by atoms with Crippen molar-refractivity contribution >= 4 is 16.5 Å². The van der Waals surface area contributed by atoms with Crippen molar-refractivity contribution in [2.45, 2.75) is 12.5 Å². The van der Waals surface area contributed by atoms with Crippen LogP contribution >= 0.6 is 0 Å². The zero-order valence-corrected chi connectivity index (χ0v) is 10.3. The summed E-state index contributed by atoms with van der Waals surface area (Å²) in [4.78, 5) is 11.1. The SMILES string of the molecule is COC(=O)[C@@H](N)Cc1ccc(OS(=O)(=O)[18F])cc1. The minimum atomic E-state index is -5.03. The van der Waals surface area contributed by atoms with E-state index in [1.54, 1.807) is 0 Å². The quantitative estimate of drug-likeness (QED) is 0.614. The number of methoxy groups -OCH3 is 1. The first-order chi connectivity index (χ1) is 8.31. The lowest BCUT2D eigenvalue weighted by atomic mass is 10.1. The van der Waals surface area contributed by atoms with E-state index in [4.69, 9.17) is 5.73 Å². The molecule has 0 spiro atoms. The van der Waals surface area contributed by atoms with Gasteiger partial charge >= 0.3 is 16.5 Å². The van der Waals surface area contributed by atoms with Crippen molar-refractivity contribution < 1.29 is 26.0 Å². The summed E-state index contributed by atoms with van der Waals surface area (Å²) in [6.07, 6.45) is 0.218. The average Bonchev–Trinajstić information content (AvgIpc) is 2.28. The summed E-state index contributed by atoms with van der Waals surface area (Å²) in [6.45, 7) is 0. The molecule has 1 rings (SSSR count). The first kappa shape index (κ1) is 14.4. The van der Waals surface area contributed by atoms with Crippen LogP contribution in [0.5, 0.6) is 5.75 Å². The van der Waals surface area contributed by atoms with Gasteiger partial charge in [0, 0.05) is 0 Å². The maximum Gasteiger partial charge on any atom is 0.488 e. The Morgan fingerprint density at radius 3 is 2.39 bits per heavy atom. The molecule has 18 heavy (non-hydrogen) atoms. The first-order valence-corrected chi connectivity index (χ1v) is 6.19. The highest BCUT2D eigenvalue weighted by atomic mass is 32.3. The largest absolute Gasteiger partial charge is 0.488 e. The van der Waals surface area contributed by atoms with E-state index in [1.165, 1.54) is 31.4 Å². The second-order valence-corrected chi connectivity index (χ2v) is 4.41. The molecule has 1 aromatic rings. The van der Waals surface area contributed by atoms with Gasteiger partial charge in [-0.1, -0.05) is 16.0 Å². The van der Waals surface area contributed by atoms with Crippen LogP contribution in [0.4, 0.5) is 3.89 Å². The lowest BCUT2D eigenvalue weighted by Crippen LogP contribution is -2.33. The molecule has 0 saturated carbocycles. The van der Waals surface area contributed by atoms with Gasteiger partial charge < -0.3 is 14.7 Å². The lowest BCUT2D eigenvalue weighted by Gasteiger charge is -2.09. The Balaban J connectivity index is 2.69. The van der Waals surface area contributed by atoms with Gasteiger partial charge in [0.1, 0.15) is 11.8 Å². The summed E-state index contributed by atoms with van der Waals surface area (Å²) in [5.74, 6) is -0.713. The molecule has 8 heteroatoms. The second kappa shape index (κ2) is 5.78. The maximum atomic E-state index is 12.2. The molecular formula is C10H12FNO5S. The molecule has 2 N–H and O–H groups in total. The summed E-state index contributed by atoms with van der Waals surface area (Å²) >= 11 is 0. The number of ether oxygens (including phenoxy) is 1. The monoisotopic (exact) mass is 276 g/mol. The molecule has 0 aliphatic carbocycles. The van der Waals surface area contributed by atoms with E-state index in [0.29, 0.717) is 5.56 Å². The fraction of sp³-hybridized carbons (Fsp3) is 0.300. The topological polar surface area (TPSA) is 95.7 Å². The Morgan fingerprint density at radius 1 is 1.39 bits per heavy atom. The van der Waals surface area contributed by atoms with E-state index in [-0.39, 0.29) is 12.2 Å². The molecule has 0 radical (unpaired) electrons. The summed E-state index contributed by atoms with van der Waals surface area (Å²) in [7, 11) is -3.80. The third-order valence-electron chi connectivity index (χ3n) is 2.08. The smallest absolute Gasteiger partial charge is 0.468 e. The standard InChI is InChI=1S/C10H12FNO5S/c1-16-10(13)9(12)6-7-2-4-8(5-3-7)17-18(11,14)15/h2-5,9H,6,12H2,1H3/t9-/m0/s1/i11-1. The molecule has 1 atom stereocenters. The number of esters is 1.